The number of hydrogen-bond donors (Lipinski definition) is 4. The number of carboxylic acid groups (broad SMARTS) is 2. The van der Waals surface area contributed by atoms with Gasteiger partial charge in [0.15, 0.2) is 0 Å². The van der Waals surface area contributed by atoms with Crippen molar-refractivity contribution in [2.24, 2.45) is 0 Å². The van der Waals surface area contributed by atoms with Crippen LogP contribution in [-0.4, -0.2) is 40.9 Å². The van der Waals surface area contributed by atoms with E-state index in [0.717, 1.165) is 0 Å². The van der Waals surface area contributed by atoms with E-state index >= 15 is 0 Å². The molecule has 0 bridgehead atoms. The van der Waals surface area contributed by atoms with Gasteiger partial charge in [-0.25, -0.2) is 0 Å². The molecule has 0 atom stereocenters. The first-order chi connectivity index (χ1) is 5.36. The summed E-state index contributed by atoms with van der Waals surface area (Å²) in [5.41, 5.74) is 0. The smallest absolute Gasteiger partial charge is 0.511 e. The van der Waals surface area contributed by atoms with Crippen molar-refractivity contribution in [2.75, 3.05) is 0 Å². The normalized spacial score (nSPS) is 7.67. The highest BCUT2D eigenvalue weighted by molar-refractivity contribution is 6.22. The maximum absolute atomic E-state index is 9.64. The molecular formula is C4H8O7Si. The van der Waals surface area contributed by atoms with E-state index < -0.39 is 21.1 Å². The Morgan fingerprint density at radius 2 is 1.17 bits per heavy atom. The van der Waals surface area contributed by atoms with Gasteiger partial charge in [-0.2, -0.15) is 0 Å². The summed E-state index contributed by atoms with van der Waals surface area (Å²) >= 11 is 0. The van der Waals surface area contributed by atoms with Gasteiger partial charge >= 0.3 is 21.1 Å². The second-order valence-electron chi connectivity index (χ2n) is 1.57. The van der Waals surface area contributed by atoms with Crippen molar-refractivity contribution < 1.29 is 33.9 Å². The second-order valence-corrected chi connectivity index (χ2v) is 2.14. The van der Waals surface area contributed by atoms with Gasteiger partial charge in [0, 0.05) is 0 Å². The topological polar surface area (TPSA) is 132 Å². The molecule has 0 spiro atoms. The largest absolute Gasteiger partial charge is 0.761 e. The average molecular weight is 196 g/mol. The third-order valence-electron chi connectivity index (χ3n) is 0.553. The van der Waals surface area contributed by atoms with Crippen molar-refractivity contribution in [1.29, 1.82) is 0 Å². The molecule has 0 radical (unpaired) electrons. The van der Waals surface area contributed by atoms with Crippen LogP contribution >= 0.6 is 0 Å². The maximum atomic E-state index is 9.64. The SMILES string of the molecule is O=C(O)CCC(=O)O.O=[Si](O)O. The van der Waals surface area contributed by atoms with Crippen molar-refractivity contribution in [3.05, 3.63) is 0 Å². The molecule has 0 aromatic rings. The highest BCUT2D eigenvalue weighted by Crippen LogP contribution is 1.85. The fraction of sp³-hybridized carbons (Fsp3) is 0.500. The van der Waals surface area contributed by atoms with E-state index in [1.807, 2.05) is 0 Å². The summed E-state index contributed by atoms with van der Waals surface area (Å²) in [6.07, 6.45) is -0.593. The van der Waals surface area contributed by atoms with Crippen LogP contribution < -0.4 is 0 Å². The fourth-order valence-corrected chi connectivity index (χ4v) is 0.214. The molecule has 0 fully saturated rings. The molecule has 0 saturated heterocycles. The molecule has 70 valence electrons. The van der Waals surface area contributed by atoms with Gasteiger partial charge in [0.05, 0.1) is 12.8 Å². The predicted molar refractivity (Wildman–Crippen MR) is 35.4 cm³/mol. The van der Waals surface area contributed by atoms with Crippen LogP contribution in [-0.2, 0) is 14.1 Å². The summed E-state index contributed by atoms with van der Waals surface area (Å²) in [5.74, 6) is -2.15. The molecular weight excluding hydrogens is 188 g/mol. The average Bonchev–Trinajstić information content (AvgIpc) is 1.82. The number of carboxylic acids is 2. The van der Waals surface area contributed by atoms with Gasteiger partial charge < -0.3 is 19.8 Å². The predicted octanol–water partition coefficient (Wildman–Crippen LogP) is -1.68. The lowest BCUT2D eigenvalue weighted by Gasteiger charge is -1.85. The van der Waals surface area contributed by atoms with Crippen molar-refractivity contribution in [2.45, 2.75) is 12.8 Å². The third-order valence-corrected chi connectivity index (χ3v) is 0.553. The molecule has 0 saturated carbocycles. The highest BCUT2D eigenvalue weighted by atomic mass is 28.3. The summed E-state index contributed by atoms with van der Waals surface area (Å²) in [7, 11) is -3.13. The summed E-state index contributed by atoms with van der Waals surface area (Å²) in [4.78, 5) is 33.6. The van der Waals surface area contributed by atoms with E-state index in [9.17, 15) is 9.59 Å². The minimum absolute atomic E-state index is 0.296. The van der Waals surface area contributed by atoms with Crippen molar-refractivity contribution in [3.8, 4) is 0 Å². The van der Waals surface area contributed by atoms with E-state index in [1.165, 1.54) is 0 Å². The molecule has 0 unspecified atom stereocenters. The van der Waals surface area contributed by atoms with Gasteiger partial charge in [-0.3, -0.25) is 14.1 Å². The summed E-state index contributed by atoms with van der Waals surface area (Å²) in [6.45, 7) is 0. The highest BCUT2D eigenvalue weighted by Gasteiger charge is 2.00. The molecule has 4 N–H and O–H groups in total. The summed E-state index contributed by atoms with van der Waals surface area (Å²) in [6, 6.07) is 0. The van der Waals surface area contributed by atoms with E-state index in [1.54, 1.807) is 0 Å². The van der Waals surface area contributed by atoms with Gasteiger partial charge in [-0.15, -0.1) is 0 Å². The molecule has 0 rings (SSSR count). The zero-order chi connectivity index (χ0) is 10.1. The third kappa shape index (κ3) is 38.6. The number of carbonyl (C=O) groups is 2. The first-order valence-corrected chi connectivity index (χ1v) is 4.02. The number of hydrogen-bond acceptors (Lipinski definition) is 3. The lowest BCUT2D eigenvalue weighted by Crippen LogP contribution is -2.00. The minimum atomic E-state index is -3.13. The molecule has 0 aromatic carbocycles. The van der Waals surface area contributed by atoms with Gasteiger partial charge in [0.1, 0.15) is 0 Å². The van der Waals surface area contributed by atoms with Crippen LogP contribution in [0.5, 0.6) is 0 Å². The van der Waals surface area contributed by atoms with Gasteiger partial charge in [0.2, 0.25) is 0 Å². The zero-order valence-electron chi connectivity index (χ0n) is 5.93. The van der Waals surface area contributed by atoms with Crippen molar-refractivity contribution >= 4 is 21.1 Å². The Bertz CT molecular complexity index is 158. The summed E-state index contributed by atoms with van der Waals surface area (Å²) < 4.78 is 8.74. The molecule has 0 amide bonds. The molecule has 0 aliphatic heterocycles. The monoisotopic (exact) mass is 196 g/mol. The Kier molecular flexibility index (Phi) is 8.41. The lowest BCUT2D eigenvalue weighted by molar-refractivity contribution is -0.143. The van der Waals surface area contributed by atoms with Crippen LogP contribution in [0.3, 0.4) is 0 Å². The van der Waals surface area contributed by atoms with Crippen LogP contribution in [0.25, 0.3) is 0 Å². The molecule has 12 heavy (non-hydrogen) atoms. The number of rotatable bonds is 3. The summed E-state index contributed by atoms with van der Waals surface area (Å²) in [5, 5.41) is 15.8. The van der Waals surface area contributed by atoms with Crippen LogP contribution in [0.4, 0.5) is 0 Å². The van der Waals surface area contributed by atoms with Crippen LogP contribution in [0, 0.1) is 0 Å². The molecule has 0 aromatic heterocycles. The van der Waals surface area contributed by atoms with E-state index in [4.69, 9.17) is 24.3 Å². The molecule has 0 aliphatic rings. The first-order valence-electron chi connectivity index (χ1n) is 2.71. The van der Waals surface area contributed by atoms with Crippen molar-refractivity contribution in [3.63, 3.8) is 0 Å². The zero-order valence-corrected chi connectivity index (χ0v) is 6.93. The lowest BCUT2D eigenvalue weighted by atomic mass is 10.3. The van der Waals surface area contributed by atoms with E-state index in [-0.39, 0.29) is 12.8 Å². The Morgan fingerprint density at radius 1 is 1.00 bits per heavy atom. The molecule has 0 heterocycles. The van der Waals surface area contributed by atoms with Crippen LogP contribution in [0.2, 0.25) is 0 Å². The molecule has 8 heteroatoms. The quantitative estimate of drug-likeness (QED) is 0.396. The van der Waals surface area contributed by atoms with E-state index in [0.29, 0.717) is 0 Å². The minimum Gasteiger partial charge on any atom is -0.511 e. The van der Waals surface area contributed by atoms with Crippen LogP contribution in [0.1, 0.15) is 12.8 Å². The van der Waals surface area contributed by atoms with Crippen LogP contribution in [0.15, 0.2) is 0 Å². The number of aliphatic carboxylic acids is 2. The van der Waals surface area contributed by atoms with Crippen molar-refractivity contribution in [1.82, 2.24) is 0 Å². The van der Waals surface area contributed by atoms with Gasteiger partial charge in [-0.1, -0.05) is 0 Å². The maximum Gasteiger partial charge on any atom is 0.761 e. The Labute approximate surface area is 68.8 Å². The Hall–Kier alpha value is -1.44. The Balaban J connectivity index is 0. The Morgan fingerprint density at radius 3 is 1.25 bits per heavy atom. The molecule has 0 aliphatic carbocycles. The standard InChI is InChI=1S/C4H6O4.H2O3Si/c5-3(6)1-2-4(7)8;1-4(2)3/h1-2H2,(H,5,6)(H,7,8);1-2H. The van der Waals surface area contributed by atoms with Gasteiger partial charge in [0.25, 0.3) is 0 Å². The van der Waals surface area contributed by atoms with Gasteiger partial charge in [-0.05, 0) is 0 Å². The molecule has 7 nitrogen and oxygen atoms in total. The fourth-order valence-electron chi connectivity index (χ4n) is 0.214. The first kappa shape index (κ1) is 13.2. The van der Waals surface area contributed by atoms with E-state index in [2.05, 4.69) is 0 Å². The second kappa shape index (κ2) is 7.66.